The normalized spacial score (nSPS) is 16.0. The number of carbonyl (C=O) groups is 2. The number of rotatable bonds is 13. The Balaban J connectivity index is 1.28. The monoisotopic (exact) mass is 594 g/mol. The lowest BCUT2D eigenvalue weighted by molar-refractivity contribution is -0.141. The third-order valence-corrected chi connectivity index (χ3v) is 9.92. The molecule has 4 aromatic rings. The molecule has 1 saturated heterocycles. The van der Waals surface area contributed by atoms with E-state index in [4.69, 9.17) is 14.5 Å². The molecule has 1 fully saturated rings. The number of hydrogen-bond acceptors (Lipinski definition) is 8. The minimum Gasteiger partial charge on any atom is -0.447 e. The molecule has 40 heavy (non-hydrogen) atoms. The summed E-state index contributed by atoms with van der Waals surface area (Å²) in [5.74, 6) is 0.624. The number of cyclic esters (lactones) is 1. The molecular formula is C31H34N2O4S3. The number of carbonyl (C=O) groups excluding carboxylic acids is 2. The highest BCUT2D eigenvalue weighted by Crippen LogP contribution is 2.35. The molecule has 2 atom stereocenters. The first kappa shape index (κ1) is 28.8. The molecule has 0 spiro atoms. The van der Waals surface area contributed by atoms with Gasteiger partial charge in [0.1, 0.15) is 12.7 Å². The van der Waals surface area contributed by atoms with Gasteiger partial charge >= 0.3 is 6.09 Å². The van der Waals surface area contributed by atoms with Crippen molar-refractivity contribution >= 4 is 56.5 Å². The van der Waals surface area contributed by atoms with Crippen LogP contribution >= 0.6 is 34.4 Å². The average molecular weight is 595 g/mol. The molecule has 6 nitrogen and oxygen atoms in total. The van der Waals surface area contributed by atoms with Crippen LogP contribution in [0.2, 0.25) is 0 Å². The molecule has 0 unspecified atom stereocenters. The van der Waals surface area contributed by atoms with Crippen LogP contribution in [0, 0.1) is 0 Å². The van der Waals surface area contributed by atoms with E-state index >= 15 is 0 Å². The number of nitrogens with zero attached hydrogens (tertiary/aromatic N) is 2. The molecule has 1 aliphatic heterocycles. The maximum absolute atomic E-state index is 13.7. The Morgan fingerprint density at radius 2 is 2.00 bits per heavy atom. The van der Waals surface area contributed by atoms with Crippen LogP contribution in [0.15, 0.2) is 64.2 Å². The quantitative estimate of drug-likeness (QED) is 0.153. The minimum absolute atomic E-state index is 0.195. The number of aryl methyl sites for hydroxylation is 2. The van der Waals surface area contributed by atoms with E-state index in [1.165, 1.54) is 25.9 Å². The molecule has 2 aromatic heterocycles. The number of hydrogen-bond donors (Lipinski definition) is 0. The van der Waals surface area contributed by atoms with Gasteiger partial charge in [-0.2, -0.15) is 0 Å². The predicted molar refractivity (Wildman–Crippen MR) is 164 cm³/mol. The van der Waals surface area contributed by atoms with Gasteiger partial charge in [-0.3, -0.25) is 4.79 Å². The Morgan fingerprint density at radius 3 is 2.80 bits per heavy atom. The Bertz CT molecular complexity index is 1430. The highest BCUT2D eigenvalue weighted by Gasteiger charge is 2.41. The number of imide groups is 1. The Labute approximate surface area is 247 Å². The molecule has 0 saturated carbocycles. The highest BCUT2D eigenvalue weighted by molar-refractivity contribution is 7.99. The van der Waals surface area contributed by atoms with Crippen molar-refractivity contribution in [1.82, 2.24) is 9.88 Å². The molecule has 2 aromatic carbocycles. The third kappa shape index (κ3) is 6.77. The minimum atomic E-state index is -0.764. The summed E-state index contributed by atoms with van der Waals surface area (Å²) in [5.41, 5.74) is 3.28. The predicted octanol–water partition coefficient (Wildman–Crippen LogP) is 7.18. The molecule has 0 aliphatic carbocycles. The maximum Gasteiger partial charge on any atom is 0.417 e. The molecule has 0 bridgehead atoms. The van der Waals surface area contributed by atoms with E-state index in [1.54, 1.807) is 22.7 Å². The van der Waals surface area contributed by atoms with Gasteiger partial charge in [-0.25, -0.2) is 14.7 Å². The first-order chi connectivity index (χ1) is 19.6. The second-order valence-electron chi connectivity index (χ2n) is 9.74. The molecular weight excluding hydrogens is 561 g/mol. The summed E-state index contributed by atoms with van der Waals surface area (Å²) in [7, 11) is 0. The zero-order chi connectivity index (χ0) is 27.9. The standard InChI is InChI=1S/C31H34N2O4S3/c1-3-8-28-32-23(20-40-28)13-15-38-27-12-11-22(29-25(27)14-16-39-29)18-26(36-4-2)30(34)33-24(19-37-31(33)35)17-21-9-6-5-7-10-21/h5-7,9-12,14,16,20,24,26H,3-4,8,13,15,17-19H2,1-2H3/t24-,26-/m0/s1. The van der Waals surface area contributed by atoms with Crippen LogP contribution < -0.4 is 0 Å². The second-order valence-corrected chi connectivity index (χ2v) is 12.7. The third-order valence-electron chi connectivity index (χ3n) is 6.90. The lowest BCUT2D eigenvalue weighted by Gasteiger charge is -2.25. The van der Waals surface area contributed by atoms with Gasteiger partial charge in [0, 0.05) is 39.1 Å². The van der Waals surface area contributed by atoms with E-state index in [9.17, 15) is 9.59 Å². The Hall–Kier alpha value is -2.72. The van der Waals surface area contributed by atoms with Gasteiger partial charge in [-0.15, -0.1) is 34.4 Å². The number of thiazole rings is 1. The topological polar surface area (TPSA) is 68.7 Å². The van der Waals surface area contributed by atoms with Gasteiger partial charge in [-0.05, 0) is 61.2 Å². The summed E-state index contributed by atoms with van der Waals surface area (Å²) < 4.78 is 12.4. The summed E-state index contributed by atoms with van der Waals surface area (Å²) in [5, 5.41) is 6.70. The zero-order valence-electron chi connectivity index (χ0n) is 22.8. The Morgan fingerprint density at radius 1 is 1.15 bits per heavy atom. The molecule has 2 amide bonds. The molecule has 210 valence electrons. The van der Waals surface area contributed by atoms with Crippen LogP contribution in [-0.4, -0.2) is 53.0 Å². The van der Waals surface area contributed by atoms with E-state index < -0.39 is 12.2 Å². The summed E-state index contributed by atoms with van der Waals surface area (Å²) in [6.45, 7) is 4.63. The van der Waals surface area contributed by atoms with Gasteiger partial charge in [0.25, 0.3) is 5.91 Å². The molecule has 9 heteroatoms. The number of thioether (sulfide) groups is 1. The van der Waals surface area contributed by atoms with E-state index in [1.807, 2.05) is 49.0 Å². The lowest BCUT2D eigenvalue weighted by Crippen LogP contribution is -2.47. The fourth-order valence-electron chi connectivity index (χ4n) is 4.98. The molecule has 3 heterocycles. The summed E-state index contributed by atoms with van der Waals surface area (Å²) in [4.78, 5) is 33.6. The van der Waals surface area contributed by atoms with Crippen molar-refractivity contribution in [3.05, 3.63) is 81.1 Å². The summed E-state index contributed by atoms with van der Waals surface area (Å²) in [6, 6.07) is 15.9. The number of aromatic nitrogens is 1. The fourth-order valence-corrected chi connectivity index (χ4v) is 7.95. The van der Waals surface area contributed by atoms with E-state index in [-0.39, 0.29) is 18.6 Å². The van der Waals surface area contributed by atoms with Crippen molar-refractivity contribution in [1.29, 1.82) is 0 Å². The molecule has 1 aliphatic rings. The summed E-state index contributed by atoms with van der Waals surface area (Å²) in [6.07, 6.45) is 2.71. The van der Waals surface area contributed by atoms with Crippen LogP contribution in [0.25, 0.3) is 10.1 Å². The van der Waals surface area contributed by atoms with Crippen molar-refractivity contribution in [3.8, 4) is 0 Å². The zero-order valence-corrected chi connectivity index (χ0v) is 25.3. The number of benzene rings is 2. The summed E-state index contributed by atoms with van der Waals surface area (Å²) >= 11 is 5.28. The van der Waals surface area contributed by atoms with Gasteiger partial charge in [-0.1, -0.05) is 43.3 Å². The molecule has 0 N–H and O–H groups in total. The number of ether oxygens (including phenoxy) is 2. The van der Waals surface area contributed by atoms with Crippen LogP contribution in [-0.2, 0) is 40.0 Å². The van der Waals surface area contributed by atoms with Gasteiger partial charge in [0.05, 0.1) is 16.7 Å². The van der Waals surface area contributed by atoms with Crippen molar-refractivity contribution in [2.45, 2.75) is 63.0 Å². The SMILES string of the molecule is CCCc1nc(CCSc2ccc(C[C@H](OCC)C(=O)N3C(=O)OC[C@@H]3Cc3ccccc3)c3sccc23)cs1. The molecule has 0 radical (unpaired) electrons. The smallest absolute Gasteiger partial charge is 0.417 e. The van der Waals surface area contributed by atoms with Crippen molar-refractivity contribution < 1.29 is 19.1 Å². The van der Waals surface area contributed by atoms with E-state index in [2.05, 4.69) is 35.9 Å². The average Bonchev–Trinajstić information content (AvgIpc) is 3.71. The van der Waals surface area contributed by atoms with Gasteiger partial charge < -0.3 is 9.47 Å². The second kappa shape index (κ2) is 13.8. The van der Waals surface area contributed by atoms with Gasteiger partial charge in [0.2, 0.25) is 0 Å². The van der Waals surface area contributed by atoms with Crippen LogP contribution in [0.4, 0.5) is 4.79 Å². The maximum atomic E-state index is 13.7. The van der Waals surface area contributed by atoms with Crippen LogP contribution in [0.1, 0.15) is 42.1 Å². The van der Waals surface area contributed by atoms with Crippen molar-refractivity contribution in [3.63, 3.8) is 0 Å². The van der Waals surface area contributed by atoms with E-state index in [0.717, 1.165) is 40.8 Å². The lowest BCUT2D eigenvalue weighted by atomic mass is 10.0. The number of amides is 2. The van der Waals surface area contributed by atoms with E-state index in [0.29, 0.717) is 19.4 Å². The largest absolute Gasteiger partial charge is 0.447 e. The van der Waals surface area contributed by atoms with Crippen LogP contribution in [0.3, 0.4) is 0 Å². The van der Waals surface area contributed by atoms with Gasteiger partial charge in [0.15, 0.2) is 0 Å². The first-order valence-electron chi connectivity index (χ1n) is 13.8. The number of thiophene rings is 1. The fraction of sp³-hybridized carbons (Fsp3) is 0.387. The number of fused-ring (bicyclic) bond motifs is 1. The van der Waals surface area contributed by atoms with Crippen molar-refractivity contribution in [2.75, 3.05) is 19.0 Å². The highest BCUT2D eigenvalue weighted by atomic mass is 32.2. The first-order valence-corrected chi connectivity index (χ1v) is 16.5. The van der Waals surface area contributed by atoms with Crippen molar-refractivity contribution in [2.24, 2.45) is 0 Å². The molecule has 5 rings (SSSR count). The van der Waals surface area contributed by atoms with Crippen LogP contribution in [0.5, 0.6) is 0 Å². The Kier molecular flexibility index (Phi) is 9.91.